The van der Waals surface area contributed by atoms with Crippen LogP contribution in [-0.4, -0.2) is 29.0 Å². The molecule has 0 fully saturated rings. The van der Waals surface area contributed by atoms with Crippen molar-refractivity contribution in [3.63, 3.8) is 0 Å². The molecule has 0 saturated carbocycles. The molecule has 1 aliphatic heterocycles. The molecule has 29 heavy (non-hydrogen) atoms. The second-order valence-corrected chi connectivity index (χ2v) is 8.85. The van der Waals surface area contributed by atoms with Crippen molar-refractivity contribution in [2.24, 2.45) is 0 Å². The van der Waals surface area contributed by atoms with Crippen LogP contribution in [0.1, 0.15) is 70.2 Å². The maximum Gasteiger partial charge on any atom is 0.272 e. The Labute approximate surface area is 173 Å². The van der Waals surface area contributed by atoms with E-state index in [1.165, 1.54) is 5.01 Å². The Hall–Kier alpha value is -2.82. The van der Waals surface area contributed by atoms with Crippen LogP contribution < -0.4 is 10.2 Å². The van der Waals surface area contributed by atoms with Gasteiger partial charge < -0.3 is 4.74 Å². The van der Waals surface area contributed by atoms with Gasteiger partial charge in [-0.05, 0) is 89.8 Å². The number of carbonyl (C=O) groups excluding carboxylic acids is 2. The standard InChI is InChI=1S/C24H30N2O3/c1-15-10-16(2)12-19(11-15)23(28)26(24(4,5)6)25-22(27)18-13-17(3)20-8-7-9-29-21(20)14-18/h10-14H,7-9H2,1-6H3,(H,25,27). The number of fused-ring (bicyclic) bond motifs is 1. The molecule has 5 nitrogen and oxygen atoms in total. The summed E-state index contributed by atoms with van der Waals surface area (Å²) in [5, 5.41) is 1.42. The van der Waals surface area contributed by atoms with E-state index in [9.17, 15) is 9.59 Å². The van der Waals surface area contributed by atoms with E-state index >= 15 is 0 Å². The molecular formula is C24H30N2O3. The second-order valence-electron chi connectivity index (χ2n) is 8.85. The fourth-order valence-electron chi connectivity index (χ4n) is 3.71. The molecule has 2 amide bonds. The molecule has 1 aliphatic rings. The van der Waals surface area contributed by atoms with Crippen molar-refractivity contribution >= 4 is 11.8 Å². The van der Waals surface area contributed by atoms with Gasteiger partial charge in [-0.1, -0.05) is 17.2 Å². The number of hydrazine groups is 1. The predicted molar refractivity (Wildman–Crippen MR) is 114 cm³/mol. The molecule has 5 heteroatoms. The molecule has 1 heterocycles. The van der Waals surface area contributed by atoms with Crippen molar-refractivity contribution in [3.05, 3.63) is 63.7 Å². The van der Waals surface area contributed by atoms with E-state index in [0.717, 1.165) is 40.8 Å². The highest BCUT2D eigenvalue weighted by Crippen LogP contribution is 2.29. The van der Waals surface area contributed by atoms with Gasteiger partial charge >= 0.3 is 0 Å². The SMILES string of the molecule is Cc1cc(C)cc(C(=O)N(NC(=O)c2cc(C)c3c(c2)OCCC3)C(C)(C)C)c1. The van der Waals surface area contributed by atoms with Crippen molar-refractivity contribution in [2.75, 3.05) is 6.61 Å². The number of aryl methyl sites for hydroxylation is 3. The summed E-state index contributed by atoms with van der Waals surface area (Å²) in [6.45, 7) is 12.3. The topological polar surface area (TPSA) is 58.6 Å². The summed E-state index contributed by atoms with van der Waals surface area (Å²) in [4.78, 5) is 26.3. The van der Waals surface area contributed by atoms with Gasteiger partial charge in [-0.3, -0.25) is 15.0 Å². The van der Waals surface area contributed by atoms with Crippen molar-refractivity contribution < 1.29 is 14.3 Å². The Kier molecular flexibility index (Phi) is 5.69. The quantitative estimate of drug-likeness (QED) is 0.762. The van der Waals surface area contributed by atoms with Gasteiger partial charge in [-0.2, -0.15) is 0 Å². The Morgan fingerprint density at radius 1 is 0.966 bits per heavy atom. The molecule has 0 radical (unpaired) electrons. The average molecular weight is 395 g/mol. The summed E-state index contributed by atoms with van der Waals surface area (Å²) in [7, 11) is 0. The number of hydrogen-bond donors (Lipinski definition) is 1. The predicted octanol–water partition coefficient (Wildman–Crippen LogP) is 4.52. The lowest BCUT2D eigenvalue weighted by Crippen LogP contribution is -2.55. The second kappa shape index (κ2) is 7.90. The number of ether oxygens (including phenoxy) is 1. The third kappa shape index (κ3) is 4.61. The monoisotopic (exact) mass is 394 g/mol. The Morgan fingerprint density at radius 2 is 1.62 bits per heavy atom. The number of nitrogens with zero attached hydrogens (tertiary/aromatic N) is 1. The minimum absolute atomic E-state index is 0.233. The van der Waals surface area contributed by atoms with Gasteiger partial charge in [0.25, 0.3) is 11.8 Å². The van der Waals surface area contributed by atoms with Gasteiger partial charge in [0, 0.05) is 11.1 Å². The first-order valence-corrected chi connectivity index (χ1v) is 10.1. The van der Waals surface area contributed by atoms with Crippen LogP contribution in [0.2, 0.25) is 0 Å². The molecule has 2 aromatic carbocycles. The highest BCUT2D eigenvalue weighted by atomic mass is 16.5. The largest absolute Gasteiger partial charge is 0.493 e. The normalized spacial score (nSPS) is 13.3. The molecule has 0 spiro atoms. The number of amides is 2. The molecular weight excluding hydrogens is 364 g/mol. The average Bonchev–Trinajstić information content (AvgIpc) is 2.63. The molecule has 1 N–H and O–H groups in total. The van der Waals surface area contributed by atoms with Crippen molar-refractivity contribution in [1.82, 2.24) is 10.4 Å². The van der Waals surface area contributed by atoms with Crippen LogP contribution >= 0.6 is 0 Å². The van der Waals surface area contributed by atoms with E-state index in [-0.39, 0.29) is 11.8 Å². The number of rotatable bonds is 2. The smallest absolute Gasteiger partial charge is 0.272 e. The van der Waals surface area contributed by atoms with Crippen LogP contribution in [-0.2, 0) is 6.42 Å². The van der Waals surface area contributed by atoms with Gasteiger partial charge in [0.1, 0.15) is 5.75 Å². The zero-order chi connectivity index (χ0) is 21.3. The highest BCUT2D eigenvalue weighted by molar-refractivity contribution is 6.00. The molecule has 3 rings (SSSR count). The van der Waals surface area contributed by atoms with Crippen molar-refractivity contribution in [3.8, 4) is 5.75 Å². The number of nitrogens with one attached hydrogen (secondary N) is 1. The maximum absolute atomic E-state index is 13.2. The third-order valence-corrected chi connectivity index (χ3v) is 5.08. The fraction of sp³-hybridized carbons (Fsp3) is 0.417. The van der Waals surface area contributed by atoms with Crippen LogP contribution in [0.5, 0.6) is 5.75 Å². The zero-order valence-electron chi connectivity index (χ0n) is 18.2. The first kappa shape index (κ1) is 20.9. The van der Waals surface area contributed by atoms with Crippen molar-refractivity contribution in [1.29, 1.82) is 0 Å². The lowest BCUT2D eigenvalue weighted by molar-refractivity contribution is 0.0358. The van der Waals surface area contributed by atoms with E-state index in [0.29, 0.717) is 17.7 Å². The van der Waals surface area contributed by atoms with Gasteiger partial charge in [0.2, 0.25) is 0 Å². The van der Waals surface area contributed by atoms with Gasteiger partial charge in [-0.15, -0.1) is 0 Å². The van der Waals surface area contributed by atoms with Gasteiger partial charge in [-0.25, -0.2) is 5.01 Å². The summed E-state index contributed by atoms with van der Waals surface area (Å²) < 4.78 is 5.75. The molecule has 2 aromatic rings. The van der Waals surface area contributed by atoms with Gasteiger partial charge in [0.15, 0.2) is 0 Å². The molecule has 0 bridgehead atoms. The van der Waals surface area contributed by atoms with Crippen LogP contribution in [0.4, 0.5) is 0 Å². The lowest BCUT2D eigenvalue weighted by atomic mass is 9.98. The number of benzene rings is 2. The van der Waals surface area contributed by atoms with Crippen LogP contribution in [0.25, 0.3) is 0 Å². The number of hydrogen-bond acceptors (Lipinski definition) is 3. The Balaban J connectivity index is 1.90. The van der Waals surface area contributed by atoms with Crippen LogP contribution in [0.3, 0.4) is 0 Å². The van der Waals surface area contributed by atoms with E-state index < -0.39 is 5.54 Å². The fourth-order valence-corrected chi connectivity index (χ4v) is 3.71. The van der Waals surface area contributed by atoms with E-state index in [4.69, 9.17) is 4.74 Å². The maximum atomic E-state index is 13.2. The third-order valence-electron chi connectivity index (χ3n) is 5.08. The van der Waals surface area contributed by atoms with E-state index in [1.807, 2.05) is 65.8 Å². The molecule has 0 atom stereocenters. The minimum atomic E-state index is -0.593. The molecule has 0 unspecified atom stereocenters. The minimum Gasteiger partial charge on any atom is -0.493 e. The summed E-state index contributed by atoms with van der Waals surface area (Å²) in [5.74, 6) is 0.214. The Bertz CT molecular complexity index is 937. The molecule has 0 saturated heterocycles. The van der Waals surface area contributed by atoms with E-state index in [2.05, 4.69) is 5.43 Å². The summed E-state index contributed by atoms with van der Waals surface area (Å²) in [6.07, 6.45) is 1.95. The van der Waals surface area contributed by atoms with E-state index in [1.54, 1.807) is 6.07 Å². The van der Waals surface area contributed by atoms with Crippen LogP contribution in [0.15, 0.2) is 30.3 Å². The summed E-state index contributed by atoms with van der Waals surface area (Å²) in [6, 6.07) is 9.35. The van der Waals surface area contributed by atoms with Crippen molar-refractivity contribution in [2.45, 2.75) is 59.9 Å². The summed E-state index contributed by atoms with van der Waals surface area (Å²) >= 11 is 0. The molecule has 154 valence electrons. The number of carbonyl (C=O) groups is 2. The Morgan fingerprint density at radius 3 is 2.24 bits per heavy atom. The highest BCUT2D eigenvalue weighted by Gasteiger charge is 2.30. The zero-order valence-corrected chi connectivity index (χ0v) is 18.2. The van der Waals surface area contributed by atoms with Gasteiger partial charge in [0.05, 0.1) is 12.1 Å². The molecule has 0 aromatic heterocycles. The first-order valence-electron chi connectivity index (χ1n) is 10.1. The molecule has 0 aliphatic carbocycles. The van der Waals surface area contributed by atoms with Crippen LogP contribution in [0, 0.1) is 20.8 Å². The summed E-state index contributed by atoms with van der Waals surface area (Å²) in [5.41, 5.74) is 7.51. The lowest BCUT2D eigenvalue weighted by Gasteiger charge is -2.35. The first-order chi connectivity index (χ1) is 13.6.